The fourth-order valence-corrected chi connectivity index (χ4v) is 4.06. The second-order valence-corrected chi connectivity index (χ2v) is 8.33. The molecule has 7 nitrogen and oxygen atoms in total. The van der Waals surface area contributed by atoms with Crippen molar-refractivity contribution in [2.45, 2.75) is 19.8 Å². The minimum Gasteiger partial charge on any atom is -0.486 e. The molecule has 2 N–H and O–H groups in total. The molecule has 0 aliphatic carbocycles. The van der Waals surface area contributed by atoms with Crippen molar-refractivity contribution in [1.82, 2.24) is 4.90 Å². The first-order chi connectivity index (χ1) is 15.0. The summed E-state index contributed by atoms with van der Waals surface area (Å²) in [5.41, 5.74) is 1.41. The van der Waals surface area contributed by atoms with E-state index < -0.39 is 0 Å². The highest BCUT2D eigenvalue weighted by Gasteiger charge is 2.30. The number of amides is 3. The number of rotatable bonds is 4. The van der Waals surface area contributed by atoms with Crippen LogP contribution in [0.4, 0.5) is 16.2 Å². The Labute approximate surface area is 186 Å². The van der Waals surface area contributed by atoms with Gasteiger partial charge in [-0.1, -0.05) is 18.5 Å². The molecule has 8 heteroatoms. The van der Waals surface area contributed by atoms with Crippen LogP contribution in [0.5, 0.6) is 11.5 Å². The lowest BCUT2D eigenvalue weighted by atomic mass is 9.85. The Morgan fingerprint density at radius 2 is 1.61 bits per heavy atom. The first kappa shape index (κ1) is 21.3. The summed E-state index contributed by atoms with van der Waals surface area (Å²) >= 11 is 5.88. The van der Waals surface area contributed by atoms with Crippen molar-refractivity contribution in [3.8, 4) is 11.5 Å². The van der Waals surface area contributed by atoms with Crippen LogP contribution in [-0.4, -0.2) is 43.1 Å². The Bertz CT molecular complexity index is 942. The van der Waals surface area contributed by atoms with Crippen LogP contribution >= 0.6 is 11.6 Å². The number of carbonyl (C=O) groups is 2. The van der Waals surface area contributed by atoms with E-state index in [1.165, 1.54) is 0 Å². The van der Waals surface area contributed by atoms with Gasteiger partial charge in [0.25, 0.3) is 0 Å². The van der Waals surface area contributed by atoms with Crippen molar-refractivity contribution in [2.24, 2.45) is 11.8 Å². The summed E-state index contributed by atoms with van der Waals surface area (Å²) in [7, 11) is 0. The summed E-state index contributed by atoms with van der Waals surface area (Å²) in [6.45, 7) is 4.22. The highest BCUT2D eigenvalue weighted by Crippen LogP contribution is 2.33. The number of benzene rings is 2. The Morgan fingerprint density at radius 3 is 2.32 bits per heavy atom. The van der Waals surface area contributed by atoms with E-state index in [1.807, 2.05) is 19.1 Å². The number of anilines is 2. The maximum atomic E-state index is 12.8. The molecule has 0 spiro atoms. The highest BCUT2D eigenvalue weighted by atomic mass is 35.5. The van der Waals surface area contributed by atoms with Crippen molar-refractivity contribution in [1.29, 1.82) is 0 Å². The van der Waals surface area contributed by atoms with Crippen LogP contribution < -0.4 is 20.1 Å². The molecular weight excluding hydrogens is 418 g/mol. The molecule has 4 rings (SSSR count). The molecule has 1 saturated heterocycles. The molecule has 0 bridgehead atoms. The maximum absolute atomic E-state index is 12.8. The monoisotopic (exact) mass is 443 g/mol. The molecule has 2 aromatic rings. The average molecular weight is 444 g/mol. The number of hydrogen-bond acceptors (Lipinski definition) is 4. The van der Waals surface area contributed by atoms with E-state index in [9.17, 15) is 9.59 Å². The summed E-state index contributed by atoms with van der Waals surface area (Å²) in [6.07, 6.45) is 1.56. The van der Waals surface area contributed by atoms with Crippen molar-refractivity contribution in [2.75, 3.05) is 36.9 Å². The predicted molar refractivity (Wildman–Crippen MR) is 120 cm³/mol. The van der Waals surface area contributed by atoms with Crippen molar-refractivity contribution in [3.05, 3.63) is 47.5 Å². The topological polar surface area (TPSA) is 79.9 Å². The van der Waals surface area contributed by atoms with Gasteiger partial charge in [-0.2, -0.15) is 0 Å². The molecule has 0 saturated carbocycles. The van der Waals surface area contributed by atoms with Gasteiger partial charge < -0.3 is 25.0 Å². The Hall–Kier alpha value is -2.93. The number of nitrogens with zero attached hydrogens (tertiary/aromatic N) is 1. The Morgan fingerprint density at radius 1 is 0.968 bits per heavy atom. The highest BCUT2D eigenvalue weighted by molar-refractivity contribution is 6.30. The van der Waals surface area contributed by atoms with Gasteiger partial charge in [-0.25, -0.2) is 4.79 Å². The van der Waals surface area contributed by atoms with E-state index in [2.05, 4.69) is 10.6 Å². The SMILES string of the molecule is C[C@H](C(=O)Nc1ccc2c(c1)OCCO2)C1CCN(C(=O)Nc2ccc(Cl)cc2)CC1. The molecule has 0 unspecified atom stereocenters. The largest absolute Gasteiger partial charge is 0.486 e. The number of carbonyl (C=O) groups excluding carboxylic acids is 2. The van der Waals surface area contributed by atoms with Crippen molar-refractivity contribution in [3.63, 3.8) is 0 Å². The number of fused-ring (bicyclic) bond motifs is 1. The predicted octanol–water partition coefficient (Wildman–Crippen LogP) is 4.63. The molecule has 2 aliphatic heterocycles. The average Bonchev–Trinajstić information content (AvgIpc) is 2.80. The lowest BCUT2D eigenvalue weighted by molar-refractivity contribution is -0.121. The molecule has 2 aromatic carbocycles. The van der Waals surface area contributed by atoms with Crippen LogP contribution in [0.3, 0.4) is 0 Å². The number of halogens is 1. The van der Waals surface area contributed by atoms with Gasteiger partial charge in [0.1, 0.15) is 13.2 Å². The minimum absolute atomic E-state index is 0.0271. The van der Waals surface area contributed by atoms with Crippen LogP contribution in [0.15, 0.2) is 42.5 Å². The number of ether oxygens (including phenoxy) is 2. The van der Waals surface area contributed by atoms with Gasteiger partial charge >= 0.3 is 6.03 Å². The zero-order valence-electron chi connectivity index (χ0n) is 17.4. The van der Waals surface area contributed by atoms with Gasteiger partial charge in [0, 0.05) is 41.5 Å². The lowest BCUT2D eigenvalue weighted by Gasteiger charge is -2.34. The van der Waals surface area contributed by atoms with Crippen molar-refractivity contribution >= 4 is 34.9 Å². The van der Waals surface area contributed by atoms with Gasteiger partial charge in [0.15, 0.2) is 11.5 Å². The van der Waals surface area contributed by atoms with Gasteiger partial charge in [-0.05, 0) is 55.2 Å². The summed E-state index contributed by atoms with van der Waals surface area (Å²) < 4.78 is 11.1. The van der Waals surface area contributed by atoms with Gasteiger partial charge in [0.05, 0.1) is 0 Å². The fraction of sp³-hybridized carbons (Fsp3) is 0.391. The van der Waals surface area contributed by atoms with Crippen LogP contribution in [-0.2, 0) is 4.79 Å². The lowest BCUT2D eigenvalue weighted by Crippen LogP contribution is -2.43. The molecule has 2 aliphatic rings. The molecule has 2 heterocycles. The molecular formula is C23H26ClN3O4. The maximum Gasteiger partial charge on any atom is 0.321 e. The number of urea groups is 1. The van der Waals surface area contributed by atoms with Gasteiger partial charge in [-0.3, -0.25) is 4.79 Å². The number of nitrogens with one attached hydrogen (secondary N) is 2. The minimum atomic E-state index is -0.158. The molecule has 0 radical (unpaired) electrons. The Balaban J connectivity index is 1.27. The fourth-order valence-electron chi connectivity index (χ4n) is 3.93. The summed E-state index contributed by atoms with van der Waals surface area (Å²) in [4.78, 5) is 27.1. The first-order valence-electron chi connectivity index (χ1n) is 10.5. The molecule has 164 valence electrons. The van der Waals surface area contributed by atoms with E-state index >= 15 is 0 Å². The summed E-state index contributed by atoms with van der Waals surface area (Å²) in [5, 5.41) is 6.50. The zero-order valence-corrected chi connectivity index (χ0v) is 18.2. The summed E-state index contributed by atoms with van der Waals surface area (Å²) in [5.74, 6) is 1.38. The number of likely N-dealkylation sites (tertiary alicyclic amines) is 1. The normalized spacial score (nSPS) is 17.0. The molecule has 3 amide bonds. The molecule has 31 heavy (non-hydrogen) atoms. The van der Waals surface area contributed by atoms with E-state index in [0.29, 0.717) is 54.2 Å². The number of hydrogen-bond donors (Lipinski definition) is 2. The van der Waals surface area contributed by atoms with E-state index in [-0.39, 0.29) is 23.8 Å². The van der Waals surface area contributed by atoms with Gasteiger partial charge in [0.2, 0.25) is 5.91 Å². The quantitative estimate of drug-likeness (QED) is 0.722. The van der Waals surface area contributed by atoms with Crippen molar-refractivity contribution < 1.29 is 19.1 Å². The summed E-state index contributed by atoms with van der Waals surface area (Å²) in [6, 6.07) is 12.3. The van der Waals surface area contributed by atoms with Crippen LogP contribution in [0.25, 0.3) is 0 Å². The smallest absolute Gasteiger partial charge is 0.321 e. The van der Waals surface area contributed by atoms with E-state index in [4.69, 9.17) is 21.1 Å². The van der Waals surface area contributed by atoms with Gasteiger partial charge in [-0.15, -0.1) is 0 Å². The third-order valence-electron chi connectivity index (χ3n) is 5.85. The molecule has 1 fully saturated rings. The van der Waals surface area contributed by atoms with E-state index in [0.717, 1.165) is 12.8 Å². The molecule has 1 atom stereocenters. The Kier molecular flexibility index (Phi) is 6.51. The first-order valence-corrected chi connectivity index (χ1v) is 10.9. The standard InChI is InChI=1S/C23H26ClN3O4/c1-15(22(28)25-19-6-7-20-21(14-19)31-13-12-30-20)16-8-10-27(11-9-16)23(29)26-18-4-2-17(24)3-5-18/h2-7,14-16H,8-13H2,1H3,(H,25,28)(H,26,29)/t15-/m0/s1. The second kappa shape index (κ2) is 9.47. The molecule has 0 aromatic heterocycles. The second-order valence-electron chi connectivity index (χ2n) is 7.90. The van der Waals surface area contributed by atoms with E-state index in [1.54, 1.807) is 35.2 Å². The zero-order chi connectivity index (χ0) is 21.8. The third-order valence-corrected chi connectivity index (χ3v) is 6.10. The van der Waals surface area contributed by atoms with Crippen LogP contribution in [0.1, 0.15) is 19.8 Å². The van der Waals surface area contributed by atoms with Crippen LogP contribution in [0.2, 0.25) is 5.02 Å². The third kappa shape index (κ3) is 5.22. The number of piperidine rings is 1. The van der Waals surface area contributed by atoms with Crippen LogP contribution in [0, 0.1) is 11.8 Å².